The third-order valence-corrected chi connectivity index (χ3v) is 5.33. The zero-order valence-electron chi connectivity index (χ0n) is 13.4. The van der Waals surface area contributed by atoms with Crippen LogP contribution in [-0.4, -0.2) is 64.1 Å². The van der Waals surface area contributed by atoms with Gasteiger partial charge in [0.2, 0.25) is 0 Å². The lowest BCUT2D eigenvalue weighted by Gasteiger charge is -2.47. The van der Waals surface area contributed by atoms with Crippen LogP contribution >= 0.6 is 11.3 Å². The normalized spacial score (nSPS) is 24.6. The number of morpholine rings is 1. The minimum absolute atomic E-state index is 0.0293. The molecule has 1 amide bonds. The van der Waals surface area contributed by atoms with Gasteiger partial charge in [-0.25, -0.2) is 4.98 Å². The molecule has 0 bridgehead atoms. The Hall–Kier alpha value is -1.83. The number of fused-ring (bicyclic) bond motifs is 1. The molecule has 0 aromatic carbocycles. The van der Waals surface area contributed by atoms with Crippen molar-refractivity contribution in [2.24, 2.45) is 0 Å². The molecule has 24 heavy (non-hydrogen) atoms. The van der Waals surface area contributed by atoms with Gasteiger partial charge in [0.25, 0.3) is 5.91 Å². The molecular weight excluding hydrogens is 324 g/mol. The smallest absolute Gasteiger partial charge is 0.273 e. The Morgan fingerprint density at radius 3 is 3.17 bits per heavy atom. The number of carbonyl (C=O) groups is 1. The van der Waals surface area contributed by atoms with Crippen LogP contribution in [0, 0.1) is 0 Å². The second-order valence-electron chi connectivity index (χ2n) is 6.22. The number of nitrogens with zero attached hydrogens (tertiary/aromatic N) is 4. The molecule has 2 fully saturated rings. The van der Waals surface area contributed by atoms with E-state index in [2.05, 4.69) is 20.9 Å². The molecule has 2 aliphatic heterocycles. The fourth-order valence-electron chi connectivity index (χ4n) is 3.53. The molecule has 2 atom stereocenters. The maximum atomic E-state index is 12.6. The standard InChI is InChI=1S/C17H20N4O2S/c22-17(14-11-24-12-19-14)21-5-3-16-15(10-21)20(6-7-23-16)9-13-2-1-4-18-8-13/h1-2,4,8,11-12,15-16H,3,5-7,9-10H2/t15-,16-/m0/s1. The Morgan fingerprint density at radius 1 is 1.42 bits per heavy atom. The lowest BCUT2D eigenvalue weighted by Crippen LogP contribution is -2.60. The number of thiazole rings is 1. The summed E-state index contributed by atoms with van der Waals surface area (Å²) >= 11 is 1.46. The third-order valence-electron chi connectivity index (χ3n) is 4.75. The predicted molar refractivity (Wildman–Crippen MR) is 90.8 cm³/mol. The van der Waals surface area contributed by atoms with Gasteiger partial charge in [-0.15, -0.1) is 11.3 Å². The van der Waals surface area contributed by atoms with Crippen molar-refractivity contribution < 1.29 is 9.53 Å². The van der Waals surface area contributed by atoms with Gasteiger partial charge in [0.05, 0.1) is 24.3 Å². The van der Waals surface area contributed by atoms with Crippen molar-refractivity contribution in [1.82, 2.24) is 19.8 Å². The fourth-order valence-corrected chi connectivity index (χ4v) is 4.06. The Kier molecular flexibility index (Phi) is 4.55. The lowest BCUT2D eigenvalue weighted by molar-refractivity contribution is -0.101. The first-order chi connectivity index (χ1) is 11.8. The first-order valence-electron chi connectivity index (χ1n) is 8.23. The van der Waals surface area contributed by atoms with Crippen molar-refractivity contribution in [3.8, 4) is 0 Å². The van der Waals surface area contributed by atoms with E-state index in [1.54, 1.807) is 11.7 Å². The Morgan fingerprint density at radius 2 is 2.38 bits per heavy atom. The van der Waals surface area contributed by atoms with Gasteiger partial charge in [-0.3, -0.25) is 14.7 Å². The molecule has 4 rings (SSSR count). The Balaban J connectivity index is 1.48. The molecule has 0 radical (unpaired) electrons. The highest BCUT2D eigenvalue weighted by Crippen LogP contribution is 2.25. The van der Waals surface area contributed by atoms with Crippen molar-refractivity contribution in [3.05, 3.63) is 46.7 Å². The van der Waals surface area contributed by atoms with Crippen LogP contribution in [0.2, 0.25) is 0 Å². The van der Waals surface area contributed by atoms with Crippen LogP contribution in [0.3, 0.4) is 0 Å². The number of amides is 1. The number of ether oxygens (including phenoxy) is 1. The molecule has 2 aromatic heterocycles. The monoisotopic (exact) mass is 344 g/mol. The molecule has 2 saturated heterocycles. The van der Waals surface area contributed by atoms with E-state index < -0.39 is 0 Å². The number of pyridine rings is 1. The summed E-state index contributed by atoms with van der Waals surface area (Å²) < 4.78 is 5.96. The zero-order chi connectivity index (χ0) is 16.4. The highest BCUT2D eigenvalue weighted by atomic mass is 32.1. The van der Waals surface area contributed by atoms with Gasteiger partial charge in [-0.2, -0.15) is 0 Å². The van der Waals surface area contributed by atoms with Crippen LogP contribution in [0.1, 0.15) is 22.5 Å². The van der Waals surface area contributed by atoms with Gasteiger partial charge in [0, 0.05) is 44.0 Å². The van der Waals surface area contributed by atoms with E-state index in [4.69, 9.17) is 4.74 Å². The van der Waals surface area contributed by atoms with Gasteiger partial charge in [0.1, 0.15) is 5.69 Å². The van der Waals surface area contributed by atoms with Crippen LogP contribution in [0.15, 0.2) is 35.4 Å². The second kappa shape index (κ2) is 6.96. The topological polar surface area (TPSA) is 58.6 Å². The van der Waals surface area contributed by atoms with Crippen molar-refractivity contribution in [1.29, 1.82) is 0 Å². The molecule has 6 nitrogen and oxygen atoms in total. The minimum atomic E-state index is 0.0293. The van der Waals surface area contributed by atoms with Crippen molar-refractivity contribution in [3.63, 3.8) is 0 Å². The second-order valence-corrected chi connectivity index (χ2v) is 6.94. The van der Waals surface area contributed by atoms with Gasteiger partial charge >= 0.3 is 0 Å². The summed E-state index contributed by atoms with van der Waals surface area (Å²) in [6, 6.07) is 4.29. The zero-order valence-corrected chi connectivity index (χ0v) is 14.2. The van der Waals surface area contributed by atoms with E-state index in [0.717, 1.165) is 32.7 Å². The molecule has 0 aliphatic carbocycles. The summed E-state index contributed by atoms with van der Waals surface area (Å²) in [6.07, 6.45) is 4.78. The average Bonchev–Trinajstić information content (AvgIpc) is 3.17. The fraction of sp³-hybridized carbons (Fsp3) is 0.471. The summed E-state index contributed by atoms with van der Waals surface area (Å²) in [5, 5.41) is 1.82. The number of likely N-dealkylation sites (tertiary alicyclic amines) is 1. The molecule has 7 heteroatoms. The molecule has 126 valence electrons. The van der Waals surface area contributed by atoms with Crippen molar-refractivity contribution in [2.45, 2.75) is 25.1 Å². The number of hydrogen-bond donors (Lipinski definition) is 0. The van der Waals surface area contributed by atoms with Crippen LogP contribution in [0.5, 0.6) is 0 Å². The van der Waals surface area contributed by atoms with E-state index in [1.807, 2.05) is 22.5 Å². The van der Waals surface area contributed by atoms with Gasteiger partial charge < -0.3 is 9.64 Å². The quantitative estimate of drug-likeness (QED) is 0.847. The molecule has 2 aliphatic rings. The molecule has 0 N–H and O–H groups in total. The van der Waals surface area contributed by atoms with Crippen LogP contribution in [0.4, 0.5) is 0 Å². The van der Waals surface area contributed by atoms with Crippen LogP contribution in [-0.2, 0) is 11.3 Å². The van der Waals surface area contributed by atoms with Gasteiger partial charge in [-0.05, 0) is 18.1 Å². The molecule has 2 aromatic rings. The lowest BCUT2D eigenvalue weighted by atomic mass is 9.98. The van der Waals surface area contributed by atoms with E-state index in [1.165, 1.54) is 16.9 Å². The van der Waals surface area contributed by atoms with E-state index >= 15 is 0 Å². The highest BCUT2D eigenvalue weighted by Gasteiger charge is 2.38. The Bertz CT molecular complexity index is 679. The summed E-state index contributed by atoms with van der Waals surface area (Å²) in [5.41, 5.74) is 3.45. The summed E-state index contributed by atoms with van der Waals surface area (Å²) in [5.74, 6) is 0.0293. The molecule has 0 spiro atoms. The number of hydrogen-bond acceptors (Lipinski definition) is 6. The molecular formula is C17H20N4O2S. The van der Waals surface area contributed by atoms with Crippen molar-refractivity contribution in [2.75, 3.05) is 26.2 Å². The first-order valence-corrected chi connectivity index (χ1v) is 9.17. The number of aromatic nitrogens is 2. The largest absolute Gasteiger partial charge is 0.375 e. The minimum Gasteiger partial charge on any atom is -0.375 e. The molecule has 4 heterocycles. The molecule has 0 unspecified atom stereocenters. The summed E-state index contributed by atoms with van der Waals surface area (Å²) in [7, 11) is 0. The summed E-state index contributed by atoms with van der Waals surface area (Å²) in [4.78, 5) is 25.3. The maximum Gasteiger partial charge on any atom is 0.273 e. The first kappa shape index (κ1) is 15.7. The average molecular weight is 344 g/mol. The highest BCUT2D eigenvalue weighted by molar-refractivity contribution is 7.07. The van der Waals surface area contributed by atoms with Gasteiger partial charge in [-0.1, -0.05) is 6.07 Å². The van der Waals surface area contributed by atoms with Crippen molar-refractivity contribution >= 4 is 17.2 Å². The summed E-state index contributed by atoms with van der Waals surface area (Å²) in [6.45, 7) is 3.91. The molecule has 0 saturated carbocycles. The van der Waals surface area contributed by atoms with Gasteiger partial charge in [0.15, 0.2) is 0 Å². The predicted octanol–water partition coefficient (Wildman–Crippen LogP) is 1.65. The van der Waals surface area contributed by atoms with Crippen LogP contribution in [0.25, 0.3) is 0 Å². The number of rotatable bonds is 3. The number of carbonyl (C=O) groups excluding carboxylic acids is 1. The van der Waals surface area contributed by atoms with E-state index in [9.17, 15) is 4.79 Å². The van der Waals surface area contributed by atoms with E-state index in [0.29, 0.717) is 12.2 Å². The van der Waals surface area contributed by atoms with Crippen LogP contribution < -0.4 is 0 Å². The Labute approximate surface area is 145 Å². The number of piperidine rings is 1. The maximum absolute atomic E-state index is 12.6. The van der Waals surface area contributed by atoms with E-state index in [-0.39, 0.29) is 18.1 Å². The third kappa shape index (κ3) is 3.19. The SMILES string of the molecule is O=C(c1cscn1)N1CC[C@@H]2OCCN(Cc3cccnc3)[C@H]2C1.